The normalized spacial score (nSPS) is 12.8. The highest BCUT2D eigenvalue weighted by atomic mass is 32.1. The van der Waals surface area contributed by atoms with Crippen LogP contribution in [0.25, 0.3) is 0 Å². The molecule has 1 atom stereocenters. The van der Waals surface area contributed by atoms with Crippen molar-refractivity contribution in [2.45, 2.75) is 6.92 Å². The lowest BCUT2D eigenvalue weighted by atomic mass is 10.2. The van der Waals surface area contributed by atoms with Crippen LogP contribution in [0.2, 0.25) is 0 Å². The Labute approximate surface area is 99.5 Å². The summed E-state index contributed by atoms with van der Waals surface area (Å²) in [7, 11) is 4.01. The molecule has 0 aliphatic heterocycles. The molecule has 1 unspecified atom stereocenters. The van der Waals surface area contributed by atoms with Gasteiger partial charge in [0, 0.05) is 12.5 Å². The summed E-state index contributed by atoms with van der Waals surface area (Å²) in [4.78, 5) is 13.2. The largest absolute Gasteiger partial charge is 0.491 e. The lowest BCUT2D eigenvalue weighted by molar-refractivity contribution is 0.0697. The fraction of sp³-hybridized carbons (Fsp3) is 0.545. The van der Waals surface area contributed by atoms with Crippen LogP contribution in [-0.2, 0) is 0 Å². The van der Waals surface area contributed by atoms with Crippen LogP contribution < -0.4 is 4.74 Å². The Hall–Kier alpha value is -1.07. The van der Waals surface area contributed by atoms with Crippen molar-refractivity contribution in [2.24, 2.45) is 5.92 Å². The van der Waals surface area contributed by atoms with Gasteiger partial charge in [-0.25, -0.2) is 4.79 Å². The van der Waals surface area contributed by atoms with E-state index in [9.17, 15) is 4.79 Å². The number of rotatable bonds is 6. The molecule has 90 valence electrons. The van der Waals surface area contributed by atoms with Gasteiger partial charge in [0.1, 0.15) is 5.75 Å². The molecule has 1 aromatic rings. The lowest BCUT2D eigenvalue weighted by Crippen LogP contribution is -2.24. The Bertz CT molecular complexity index is 349. The summed E-state index contributed by atoms with van der Waals surface area (Å²) in [6.45, 7) is 3.54. The zero-order valence-corrected chi connectivity index (χ0v) is 10.6. The van der Waals surface area contributed by atoms with Gasteiger partial charge < -0.3 is 14.7 Å². The van der Waals surface area contributed by atoms with Crippen LogP contribution in [-0.4, -0.2) is 43.2 Å². The van der Waals surface area contributed by atoms with Crippen LogP contribution in [0.3, 0.4) is 0 Å². The molecule has 0 saturated heterocycles. The highest BCUT2D eigenvalue weighted by Gasteiger charge is 2.14. The monoisotopic (exact) mass is 243 g/mol. The van der Waals surface area contributed by atoms with Crippen LogP contribution in [0.5, 0.6) is 5.75 Å². The van der Waals surface area contributed by atoms with Crippen molar-refractivity contribution < 1.29 is 14.6 Å². The number of hydrogen-bond donors (Lipinski definition) is 1. The zero-order chi connectivity index (χ0) is 12.1. The summed E-state index contributed by atoms with van der Waals surface area (Å²) in [6.07, 6.45) is 0. The summed E-state index contributed by atoms with van der Waals surface area (Å²) in [5.41, 5.74) is 0. The topological polar surface area (TPSA) is 49.8 Å². The van der Waals surface area contributed by atoms with E-state index in [0.29, 0.717) is 18.3 Å². The minimum absolute atomic E-state index is 0.275. The lowest BCUT2D eigenvalue weighted by Gasteiger charge is -2.17. The Morgan fingerprint density at radius 1 is 1.62 bits per heavy atom. The molecule has 0 aliphatic carbocycles. The van der Waals surface area contributed by atoms with E-state index in [4.69, 9.17) is 9.84 Å². The van der Waals surface area contributed by atoms with Gasteiger partial charge in [0.2, 0.25) is 0 Å². The van der Waals surface area contributed by atoms with Gasteiger partial charge in [0.25, 0.3) is 0 Å². The molecule has 0 saturated carbocycles. The number of thiophene rings is 1. The molecule has 4 nitrogen and oxygen atoms in total. The van der Waals surface area contributed by atoms with Gasteiger partial charge in [-0.05, 0) is 25.5 Å². The molecule has 0 fully saturated rings. The van der Waals surface area contributed by atoms with Gasteiger partial charge >= 0.3 is 5.97 Å². The maximum atomic E-state index is 10.8. The van der Waals surface area contributed by atoms with Crippen LogP contribution >= 0.6 is 11.3 Å². The van der Waals surface area contributed by atoms with Gasteiger partial charge in [-0.1, -0.05) is 6.92 Å². The first-order valence-corrected chi connectivity index (χ1v) is 5.97. The molecule has 0 amide bonds. The maximum Gasteiger partial charge on any atom is 0.349 e. The van der Waals surface area contributed by atoms with Crippen molar-refractivity contribution in [3.05, 3.63) is 16.3 Å². The van der Waals surface area contributed by atoms with Crippen molar-refractivity contribution in [3.8, 4) is 5.75 Å². The molecule has 1 N–H and O–H groups in total. The van der Waals surface area contributed by atoms with Crippen LogP contribution in [0, 0.1) is 5.92 Å². The van der Waals surface area contributed by atoms with E-state index in [1.54, 1.807) is 11.4 Å². The Kier molecular flexibility index (Phi) is 4.76. The second-order valence-corrected chi connectivity index (χ2v) is 5.01. The van der Waals surface area contributed by atoms with Gasteiger partial charge in [-0.2, -0.15) is 0 Å². The minimum Gasteiger partial charge on any atom is -0.491 e. The van der Waals surface area contributed by atoms with E-state index in [1.807, 2.05) is 14.1 Å². The molecule has 0 aromatic carbocycles. The van der Waals surface area contributed by atoms with E-state index in [0.717, 1.165) is 6.54 Å². The predicted molar refractivity (Wildman–Crippen MR) is 64.5 cm³/mol. The fourth-order valence-electron chi connectivity index (χ4n) is 1.48. The van der Waals surface area contributed by atoms with Crippen molar-refractivity contribution in [1.82, 2.24) is 4.90 Å². The third-order valence-electron chi connectivity index (χ3n) is 2.02. The summed E-state index contributed by atoms with van der Waals surface area (Å²) < 4.78 is 5.50. The van der Waals surface area contributed by atoms with E-state index in [1.165, 1.54) is 11.3 Å². The number of aromatic carboxylic acids is 1. The predicted octanol–water partition coefficient (Wildman–Crippen LogP) is 2.02. The second-order valence-electron chi connectivity index (χ2n) is 4.10. The van der Waals surface area contributed by atoms with E-state index < -0.39 is 5.97 Å². The first kappa shape index (κ1) is 13.0. The van der Waals surface area contributed by atoms with Crippen molar-refractivity contribution in [2.75, 3.05) is 27.2 Å². The number of ether oxygens (including phenoxy) is 1. The quantitative estimate of drug-likeness (QED) is 0.830. The summed E-state index contributed by atoms with van der Waals surface area (Å²) in [5.74, 6) is -0.0788. The average molecular weight is 243 g/mol. The molecular weight excluding hydrogens is 226 g/mol. The van der Waals surface area contributed by atoms with Crippen molar-refractivity contribution >= 4 is 17.3 Å². The third kappa shape index (κ3) is 3.83. The molecule has 0 bridgehead atoms. The number of carboxylic acids is 1. The molecule has 0 spiro atoms. The maximum absolute atomic E-state index is 10.8. The van der Waals surface area contributed by atoms with Crippen molar-refractivity contribution in [3.63, 3.8) is 0 Å². The Balaban J connectivity index is 2.48. The van der Waals surface area contributed by atoms with Gasteiger partial charge in [0.05, 0.1) is 6.61 Å². The first-order valence-electron chi connectivity index (χ1n) is 5.09. The van der Waals surface area contributed by atoms with Crippen LogP contribution in [0.1, 0.15) is 16.6 Å². The fourth-order valence-corrected chi connectivity index (χ4v) is 2.15. The number of carbonyl (C=O) groups is 1. The van der Waals surface area contributed by atoms with E-state index in [2.05, 4.69) is 11.8 Å². The summed E-state index contributed by atoms with van der Waals surface area (Å²) in [5, 5.41) is 10.6. The summed E-state index contributed by atoms with van der Waals surface area (Å²) in [6, 6.07) is 1.70. The molecular formula is C11H17NO3S. The molecule has 16 heavy (non-hydrogen) atoms. The van der Waals surface area contributed by atoms with Gasteiger partial charge in [0.15, 0.2) is 4.88 Å². The minimum atomic E-state index is -0.926. The van der Waals surface area contributed by atoms with E-state index >= 15 is 0 Å². The van der Waals surface area contributed by atoms with Crippen LogP contribution in [0.15, 0.2) is 11.4 Å². The average Bonchev–Trinajstić information content (AvgIpc) is 2.61. The SMILES string of the molecule is CC(COc1ccsc1C(=O)O)CN(C)C. The standard InChI is InChI=1S/C11H17NO3S/c1-8(6-12(2)3)7-15-9-4-5-16-10(9)11(13)14/h4-5,8H,6-7H2,1-3H3,(H,13,14). The van der Waals surface area contributed by atoms with E-state index in [-0.39, 0.29) is 4.88 Å². The number of hydrogen-bond acceptors (Lipinski definition) is 4. The molecule has 1 aromatic heterocycles. The molecule has 1 heterocycles. The van der Waals surface area contributed by atoms with Crippen molar-refractivity contribution in [1.29, 1.82) is 0 Å². The highest BCUT2D eigenvalue weighted by molar-refractivity contribution is 7.12. The molecule has 0 radical (unpaired) electrons. The Morgan fingerprint density at radius 3 is 2.88 bits per heavy atom. The van der Waals surface area contributed by atoms with Gasteiger partial charge in [-0.3, -0.25) is 0 Å². The summed E-state index contributed by atoms with van der Waals surface area (Å²) >= 11 is 1.19. The smallest absolute Gasteiger partial charge is 0.349 e. The highest BCUT2D eigenvalue weighted by Crippen LogP contribution is 2.25. The molecule has 0 aliphatic rings. The first-order chi connectivity index (χ1) is 7.50. The van der Waals surface area contributed by atoms with Gasteiger partial charge in [-0.15, -0.1) is 11.3 Å². The van der Waals surface area contributed by atoms with Crippen LogP contribution in [0.4, 0.5) is 0 Å². The third-order valence-corrected chi connectivity index (χ3v) is 2.91. The molecule has 5 heteroatoms. The second kappa shape index (κ2) is 5.86. The number of carboxylic acid groups (broad SMARTS) is 1. The molecule has 1 rings (SSSR count). The zero-order valence-electron chi connectivity index (χ0n) is 9.77. The Morgan fingerprint density at radius 2 is 2.31 bits per heavy atom. The number of nitrogens with zero attached hydrogens (tertiary/aromatic N) is 1.